The Kier molecular flexibility index (Phi) is 4.15. The Bertz CT molecular complexity index is 656. The molecule has 3 N–H and O–H groups in total. The van der Waals surface area contributed by atoms with Crippen LogP contribution in [-0.4, -0.2) is 13.0 Å². The molecule has 2 aromatic rings. The van der Waals surface area contributed by atoms with E-state index in [-0.39, 0.29) is 5.91 Å². The molecule has 0 heterocycles. The topological polar surface area (TPSA) is 64.3 Å². The summed E-state index contributed by atoms with van der Waals surface area (Å²) in [5, 5.41) is 3.29. The first-order valence-corrected chi connectivity index (χ1v) is 6.40. The molecule has 1 amide bonds. The lowest BCUT2D eigenvalue weighted by Gasteiger charge is -2.10. The fourth-order valence-electron chi connectivity index (χ4n) is 1.89. The SMILES string of the molecule is COc1ccc(NC(=O)c2ccc(Cl)cc2N)cc1C. The minimum Gasteiger partial charge on any atom is -0.496 e. The molecule has 4 nitrogen and oxygen atoms in total. The minimum absolute atomic E-state index is 0.274. The summed E-state index contributed by atoms with van der Waals surface area (Å²) in [6, 6.07) is 10.2. The van der Waals surface area contributed by atoms with Gasteiger partial charge in [-0.3, -0.25) is 4.79 Å². The van der Waals surface area contributed by atoms with Crippen molar-refractivity contribution in [2.45, 2.75) is 6.92 Å². The van der Waals surface area contributed by atoms with E-state index >= 15 is 0 Å². The monoisotopic (exact) mass is 290 g/mol. The highest BCUT2D eigenvalue weighted by Crippen LogP contribution is 2.23. The second-order valence-corrected chi connectivity index (χ2v) is 4.81. The van der Waals surface area contributed by atoms with Crippen molar-refractivity contribution in [3.63, 3.8) is 0 Å². The smallest absolute Gasteiger partial charge is 0.257 e. The number of benzene rings is 2. The van der Waals surface area contributed by atoms with Gasteiger partial charge in [-0.25, -0.2) is 0 Å². The summed E-state index contributed by atoms with van der Waals surface area (Å²) in [5.41, 5.74) is 8.15. The second kappa shape index (κ2) is 5.84. The summed E-state index contributed by atoms with van der Waals surface area (Å²) in [6.07, 6.45) is 0. The molecule has 2 aromatic carbocycles. The fourth-order valence-corrected chi connectivity index (χ4v) is 2.08. The molecule has 0 spiro atoms. The summed E-state index contributed by atoms with van der Waals surface area (Å²) in [6.45, 7) is 1.91. The van der Waals surface area contributed by atoms with Crippen molar-refractivity contribution in [3.05, 3.63) is 52.5 Å². The normalized spacial score (nSPS) is 10.2. The van der Waals surface area contributed by atoms with Gasteiger partial charge in [-0.1, -0.05) is 11.6 Å². The lowest BCUT2D eigenvalue weighted by atomic mass is 10.1. The highest BCUT2D eigenvalue weighted by molar-refractivity contribution is 6.31. The third-order valence-corrected chi connectivity index (χ3v) is 3.15. The second-order valence-electron chi connectivity index (χ2n) is 4.37. The maximum Gasteiger partial charge on any atom is 0.257 e. The maximum atomic E-state index is 12.1. The lowest BCUT2D eigenvalue weighted by Crippen LogP contribution is -2.14. The van der Waals surface area contributed by atoms with Gasteiger partial charge in [0.05, 0.1) is 12.7 Å². The summed E-state index contributed by atoms with van der Waals surface area (Å²) < 4.78 is 5.17. The van der Waals surface area contributed by atoms with Crippen molar-refractivity contribution >= 4 is 28.9 Å². The first-order chi connectivity index (χ1) is 9.51. The quantitative estimate of drug-likeness (QED) is 0.851. The number of rotatable bonds is 3. The molecule has 0 fully saturated rings. The van der Waals surface area contributed by atoms with Gasteiger partial charge in [0.2, 0.25) is 0 Å². The van der Waals surface area contributed by atoms with Crippen molar-refractivity contribution in [2.24, 2.45) is 0 Å². The molecular formula is C15H15ClN2O2. The summed E-state index contributed by atoms with van der Waals surface area (Å²) in [7, 11) is 1.61. The summed E-state index contributed by atoms with van der Waals surface area (Å²) in [4.78, 5) is 12.1. The van der Waals surface area contributed by atoms with Crippen LogP contribution in [0.2, 0.25) is 5.02 Å². The number of hydrogen-bond donors (Lipinski definition) is 2. The number of nitrogen functional groups attached to an aromatic ring is 1. The Labute approximate surface area is 122 Å². The first kappa shape index (κ1) is 14.2. The van der Waals surface area contributed by atoms with Gasteiger partial charge in [0.25, 0.3) is 5.91 Å². The average molecular weight is 291 g/mol. The van der Waals surface area contributed by atoms with Crippen LogP contribution in [-0.2, 0) is 0 Å². The van der Waals surface area contributed by atoms with Crippen LogP contribution >= 0.6 is 11.6 Å². The Hall–Kier alpha value is -2.20. The van der Waals surface area contributed by atoms with Crippen LogP contribution in [0.5, 0.6) is 5.75 Å². The highest BCUT2D eigenvalue weighted by Gasteiger charge is 2.11. The van der Waals surface area contributed by atoms with Gasteiger partial charge in [-0.2, -0.15) is 0 Å². The zero-order valence-electron chi connectivity index (χ0n) is 11.2. The van der Waals surface area contributed by atoms with E-state index in [9.17, 15) is 4.79 Å². The third kappa shape index (κ3) is 3.03. The van der Waals surface area contributed by atoms with Gasteiger partial charge >= 0.3 is 0 Å². The van der Waals surface area contributed by atoms with Crippen LogP contribution in [0.25, 0.3) is 0 Å². The lowest BCUT2D eigenvalue weighted by molar-refractivity contribution is 0.102. The minimum atomic E-state index is -0.274. The molecule has 0 atom stereocenters. The number of carbonyl (C=O) groups is 1. The fraction of sp³-hybridized carbons (Fsp3) is 0.133. The number of carbonyl (C=O) groups excluding carboxylic acids is 1. The molecule has 0 aliphatic carbocycles. The van der Waals surface area contributed by atoms with Crippen molar-refractivity contribution in [2.75, 3.05) is 18.2 Å². The molecule has 104 valence electrons. The number of nitrogens with one attached hydrogen (secondary N) is 1. The van der Waals surface area contributed by atoms with Crippen LogP contribution in [0.1, 0.15) is 15.9 Å². The average Bonchev–Trinajstić information content (AvgIpc) is 2.38. The molecule has 0 bridgehead atoms. The Morgan fingerprint density at radius 1 is 1.25 bits per heavy atom. The molecule has 0 aromatic heterocycles. The van der Waals surface area contributed by atoms with Crippen LogP contribution in [0, 0.1) is 6.92 Å². The van der Waals surface area contributed by atoms with Gasteiger partial charge in [0, 0.05) is 16.4 Å². The Morgan fingerprint density at radius 2 is 2.00 bits per heavy atom. The molecule has 0 unspecified atom stereocenters. The van der Waals surface area contributed by atoms with Gasteiger partial charge in [-0.05, 0) is 48.9 Å². The number of hydrogen-bond acceptors (Lipinski definition) is 3. The van der Waals surface area contributed by atoms with Crippen molar-refractivity contribution in [3.8, 4) is 5.75 Å². The molecule has 0 aliphatic heterocycles. The predicted octanol–water partition coefficient (Wildman–Crippen LogP) is 3.49. The zero-order chi connectivity index (χ0) is 14.7. The van der Waals surface area contributed by atoms with Gasteiger partial charge in [-0.15, -0.1) is 0 Å². The van der Waals surface area contributed by atoms with Crippen molar-refractivity contribution in [1.82, 2.24) is 0 Å². The number of nitrogens with two attached hydrogens (primary N) is 1. The number of methoxy groups -OCH3 is 1. The predicted molar refractivity (Wildman–Crippen MR) is 81.5 cm³/mol. The van der Waals surface area contributed by atoms with Crippen molar-refractivity contribution in [1.29, 1.82) is 0 Å². The van der Waals surface area contributed by atoms with Crippen molar-refractivity contribution < 1.29 is 9.53 Å². The van der Waals surface area contributed by atoms with Gasteiger partial charge < -0.3 is 15.8 Å². The highest BCUT2D eigenvalue weighted by atomic mass is 35.5. The molecule has 2 rings (SSSR count). The van der Waals surface area contributed by atoms with Gasteiger partial charge in [0.15, 0.2) is 0 Å². The van der Waals surface area contributed by atoms with E-state index in [1.807, 2.05) is 13.0 Å². The van der Waals surface area contributed by atoms with Crippen LogP contribution in [0.4, 0.5) is 11.4 Å². The van der Waals surface area contributed by atoms with E-state index in [1.54, 1.807) is 37.4 Å². The number of aryl methyl sites for hydroxylation is 1. The molecule has 0 radical (unpaired) electrons. The molecular weight excluding hydrogens is 276 g/mol. The Morgan fingerprint density at radius 3 is 2.60 bits per heavy atom. The summed E-state index contributed by atoms with van der Waals surface area (Å²) >= 11 is 5.81. The van der Waals surface area contributed by atoms with E-state index in [2.05, 4.69) is 5.32 Å². The van der Waals surface area contributed by atoms with E-state index < -0.39 is 0 Å². The number of halogens is 1. The molecule has 0 saturated carbocycles. The number of ether oxygens (including phenoxy) is 1. The largest absolute Gasteiger partial charge is 0.496 e. The number of anilines is 2. The van der Waals surface area contributed by atoms with Gasteiger partial charge in [0.1, 0.15) is 5.75 Å². The van der Waals surface area contributed by atoms with E-state index in [4.69, 9.17) is 22.1 Å². The van der Waals surface area contributed by atoms with Crippen LogP contribution < -0.4 is 15.8 Å². The van der Waals surface area contributed by atoms with E-state index in [0.717, 1.165) is 11.3 Å². The van der Waals surface area contributed by atoms with E-state index in [1.165, 1.54) is 0 Å². The van der Waals surface area contributed by atoms with E-state index in [0.29, 0.717) is 22.0 Å². The number of amides is 1. The molecule has 0 saturated heterocycles. The third-order valence-electron chi connectivity index (χ3n) is 2.91. The van der Waals surface area contributed by atoms with Crippen LogP contribution in [0.3, 0.4) is 0 Å². The molecule has 5 heteroatoms. The standard InChI is InChI=1S/C15H15ClN2O2/c1-9-7-11(4-6-14(9)20-2)18-15(19)12-5-3-10(16)8-13(12)17/h3-8H,17H2,1-2H3,(H,18,19). The zero-order valence-corrected chi connectivity index (χ0v) is 12.0. The van der Waals surface area contributed by atoms with Crippen LogP contribution in [0.15, 0.2) is 36.4 Å². The Balaban J connectivity index is 2.21. The first-order valence-electron chi connectivity index (χ1n) is 6.02. The molecule has 20 heavy (non-hydrogen) atoms. The maximum absolute atomic E-state index is 12.1. The molecule has 0 aliphatic rings. The summed E-state index contributed by atoms with van der Waals surface area (Å²) in [5.74, 6) is 0.498.